The summed E-state index contributed by atoms with van der Waals surface area (Å²) in [5.74, 6) is 5.50. The first kappa shape index (κ1) is 12.7. The van der Waals surface area contributed by atoms with E-state index in [9.17, 15) is 4.39 Å². The number of anilines is 1. The number of hydrazine groups is 1. The zero-order valence-electron chi connectivity index (χ0n) is 9.49. The zero-order valence-corrected chi connectivity index (χ0v) is 10.2. The molecule has 94 valence electrons. The second-order valence-electron chi connectivity index (χ2n) is 3.66. The van der Waals surface area contributed by atoms with E-state index in [4.69, 9.17) is 22.2 Å². The maximum atomic E-state index is 13.5. The first-order chi connectivity index (χ1) is 8.70. The van der Waals surface area contributed by atoms with Crippen LogP contribution in [-0.4, -0.2) is 0 Å². The Labute approximate surface area is 109 Å². The normalized spacial score (nSPS) is 10.2. The molecule has 5 heteroatoms. The van der Waals surface area contributed by atoms with Crippen LogP contribution in [0.25, 0.3) is 0 Å². The highest BCUT2D eigenvalue weighted by Gasteiger charge is 2.07. The molecule has 0 aliphatic carbocycles. The minimum atomic E-state index is -0.379. The zero-order chi connectivity index (χ0) is 13.0. The van der Waals surface area contributed by atoms with E-state index >= 15 is 0 Å². The summed E-state index contributed by atoms with van der Waals surface area (Å²) in [6.45, 7) is 0.0690. The fourth-order valence-electron chi connectivity index (χ4n) is 1.50. The number of halogens is 2. The summed E-state index contributed by atoms with van der Waals surface area (Å²) in [4.78, 5) is 0. The summed E-state index contributed by atoms with van der Waals surface area (Å²) in [7, 11) is 0. The van der Waals surface area contributed by atoms with Gasteiger partial charge in [0.15, 0.2) is 0 Å². The summed E-state index contributed by atoms with van der Waals surface area (Å²) in [5.41, 5.74) is 3.56. The SMILES string of the molecule is NNc1cccc(OCc2c(F)cccc2Cl)c1. The smallest absolute Gasteiger partial charge is 0.131 e. The van der Waals surface area contributed by atoms with Gasteiger partial charge in [0.25, 0.3) is 0 Å². The Balaban J connectivity index is 2.11. The van der Waals surface area contributed by atoms with Gasteiger partial charge in [-0.1, -0.05) is 23.7 Å². The second-order valence-corrected chi connectivity index (χ2v) is 4.07. The van der Waals surface area contributed by atoms with Crippen LogP contribution in [0.5, 0.6) is 5.75 Å². The molecule has 0 saturated carbocycles. The molecular weight excluding hydrogens is 255 g/mol. The summed E-state index contributed by atoms with van der Waals surface area (Å²) >= 11 is 5.90. The molecule has 0 spiro atoms. The molecular formula is C13H12ClFN2O. The lowest BCUT2D eigenvalue weighted by molar-refractivity contribution is 0.300. The van der Waals surface area contributed by atoms with Crippen molar-refractivity contribution in [1.29, 1.82) is 0 Å². The van der Waals surface area contributed by atoms with Crippen molar-refractivity contribution in [2.24, 2.45) is 5.84 Å². The van der Waals surface area contributed by atoms with Crippen LogP contribution in [0.15, 0.2) is 42.5 Å². The highest BCUT2D eigenvalue weighted by Crippen LogP contribution is 2.22. The Hall–Kier alpha value is -1.78. The summed E-state index contributed by atoms with van der Waals surface area (Å²) in [6, 6.07) is 11.6. The van der Waals surface area contributed by atoms with Crippen LogP contribution in [0.1, 0.15) is 5.56 Å². The van der Waals surface area contributed by atoms with E-state index in [-0.39, 0.29) is 12.4 Å². The van der Waals surface area contributed by atoms with Crippen molar-refractivity contribution in [3.05, 3.63) is 58.9 Å². The molecule has 0 heterocycles. The molecule has 3 N–H and O–H groups in total. The highest BCUT2D eigenvalue weighted by molar-refractivity contribution is 6.31. The lowest BCUT2D eigenvalue weighted by Gasteiger charge is -2.09. The van der Waals surface area contributed by atoms with Crippen LogP contribution in [0, 0.1) is 5.82 Å². The minimum absolute atomic E-state index is 0.0690. The summed E-state index contributed by atoms with van der Waals surface area (Å²) in [5, 5.41) is 0.350. The predicted octanol–water partition coefficient (Wildman–Crippen LogP) is 3.34. The van der Waals surface area contributed by atoms with E-state index in [0.29, 0.717) is 22.0 Å². The van der Waals surface area contributed by atoms with E-state index in [2.05, 4.69) is 5.43 Å². The minimum Gasteiger partial charge on any atom is -0.489 e. The molecule has 2 rings (SSSR count). The van der Waals surface area contributed by atoms with Crippen molar-refractivity contribution < 1.29 is 9.13 Å². The third-order valence-electron chi connectivity index (χ3n) is 2.45. The second kappa shape index (κ2) is 5.71. The van der Waals surface area contributed by atoms with Gasteiger partial charge < -0.3 is 10.2 Å². The van der Waals surface area contributed by atoms with Crippen molar-refractivity contribution in [2.45, 2.75) is 6.61 Å². The molecule has 2 aromatic rings. The van der Waals surface area contributed by atoms with E-state index in [0.717, 1.165) is 0 Å². The van der Waals surface area contributed by atoms with Gasteiger partial charge in [-0.2, -0.15) is 0 Å². The topological polar surface area (TPSA) is 47.3 Å². The number of benzene rings is 2. The van der Waals surface area contributed by atoms with Gasteiger partial charge in [0.05, 0.1) is 10.7 Å². The van der Waals surface area contributed by atoms with Gasteiger partial charge >= 0.3 is 0 Å². The number of nitrogens with two attached hydrogens (primary N) is 1. The van der Waals surface area contributed by atoms with E-state index in [1.54, 1.807) is 36.4 Å². The Kier molecular flexibility index (Phi) is 4.02. The lowest BCUT2D eigenvalue weighted by Crippen LogP contribution is -2.06. The molecule has 0 atom stereocenters. The van der Waals surface area contributed by atoms with Crippen molar-refractivity contribution in [3.8, 4) is 5.75 Å². The quantitative estimate of drug-likeness (QED) is 0.659. The van der Waals surface area contributed by atoms with Crippen LogP contribution >= 0.6 is 11.6 Å². The molecule has 18 heavy (non-hydrogen) atoms. The molecule has 0 aliphatic heterocycles. The standard InChI is InChI=1S/C13H12ClFN2O/c14-12-5-2-6-13(15)11(12)8-18-10-4-1-3-9(7-10)17-16/h1-7,17H,8,16H2. The van der Waals surface area contributed by atoms with Crippen molar-refractivity contribution >= 4 is 17.3 Å². The van der Waals surface area contributed by atoms with Crippen LogP contribution in [0.3, 0.4) is 0 Å². The monoisotopic (exact) mass is 266 g/mol. The Morgan fingerprint density at radius 1 is 1.22 bits per heavy atom. The van der Waals surface area contributed by atoms with Crippen LogP contribution in [0.2, 0.25) is 5.02 Å². The molecule has 0 unspecified atom stereocenters. The summed E-state index contributed by atoms with van der Waals surface area (Å²) in [6.07, 6.45) is 0. The van der Waals surface area contributed by atoms with Crippen LogP contribution in [-0.2, 0) is 6.61 Å². The van der Waals surface area contributed by atoms with Crippen LogP contribution in [0.4, 0.5) is 10.1 Å². The number of rotatable bonds is 4. The fraction of sp³-hybridized carbons (Fsp3) is 0.0769. The molecule has 2 aromatic carbocycles. The van der Waals surface area contributed by atoms with Crippen LogP contribution < -0.4 is 16.0 Å². The molecule has 3 nitrogen and oxygen atoms in total. The Bertz CT molecular complexity index is 528. The lowest BCUT2D eigenvalue weighted by atomic mass is 10.2. The van der Waals surface area contributed by atoms with E-state index in [1.165, 1.54) is 6.07 Å². The molecule has 0 aromatic heterocycles. The molecule has 0 bridgehead atoms. The molecule has 0 saturated heterocycles. The number of nitrogen functional groups attached to an aromatic ring is 1. The third kappa shape index (κ3) is 2.91. The van der Waals surface area contributed by atoms with E-state index < -0.39 is 0 Å². The average Bonchev–Trinajstić information content (AvgIpc) is 2.38. The predicted molar refractivity (Wildman–Crippen MR) is 70.0 cm³/mol. The third-order valence-corrected chi connectivity index (χ3v) is 2.80. The number of nitrogens with one attached hydrogen (secondary N) is 1. The number of ether oxygens (including phenoxy) is 1. The maximum Gasteiger partial charge on any atom is 0.131 e. The van der Waals surface area contributed by atoms with Crippen molar-refractivity contribution in [3.63, 3.8) is 0 Å². The van der Waals surface area contributed by atoms with Crippen molar-refractivity contribution in [2.75, 3.05) is 5.43 Å². The largest absolute Gasteiger partial charge is 0.489 e. The molecule has 0 radical (unpaired) electrons. The maximum absolute atomic E-state index is 13.5. The fourth-order valence-corrected chi connectivity index (χ4v) is 1.72. The van der Waals surface area contributed by atoms with Gasteiger partial charge in [0.1, 0.15) is 18.2 Å². The number of hydrogen-bond acceptors (Lipinski definition) is 3. The van der Waals surface area contributed by atoms with Gasteiger partial charge in [-0.05, 0) is 24.3 Å². The summed E-state index contributed by atoms with van der Waals surface area (Å²) < 4.78 is 19.0. The molecule has 0 fully saturated rings. The Morgan fingerprint density at radius 3 is 2.72 bits per heavy atom. The average molecular weight is 267 g/mol. The highest BCUT2D eigenvalue weighted by atomic mass is 35.5. The van der Waals surface area contributed by atoms with Gasteiger partial charge in [-0.15, -0.1) is 0 Å². The van der Waals surface area contributed by atoms with Gasteiger partial charge in [0.2, 0.25) is 0 Å². The van der Waals surface area contributed by atoms with E-state index in [1.807, 2.05) is 0 Å². The molecule has 0 amide bonds. The van der Waals surface area contributed by atoms with Gasteiger partial charge in [-0.25, -0.2) is 4.39 Å². The van der Waals surface area contributed by atoms with Gasteiger partial charge in [-0.3, -0.25) is 5.84 Å². The molecule has 0 aliphatic rings. The first-order valence-corrected chi connectivity index (χ1v) is 5.71. The van der Waals surface area contributed by atoms with Crippen molar-refractivity contribution in [1.82, 2.24) is 0 Å². The number of hydrogen-bond donors (Lipinski definition) is 2. The van der Waals surface area contributed by atoms with Gasteiger partial charge in [0, 0.05) is 11.6 Å². The Morgan fingerprint density at radius 2 is 2.00 bits per heavy atom. The first-order valence-electron chi connectivity index (χ1n) is 5.33.